The molecule has 0 fully saturated rings. The fraction of sp³-hybridized carbons (Fsp3) is 0.556. The summed E-state index contributed by atoms with van der Waals surface area (Å²) in [5.74, 6) is 0. The van der Waals surface area contributed by atoms with Gasteiger partial charge in [0.15, 0.2) is 0 Å². The molecule has 42 heavy (non-hydrogen) atoms. The van der Waals surface area contributed by atoms with Crippen molar-refractivity contribution in [2.24, 2.45) is 10.8 Å². The Morgan fingerprint density at radius 2 is 1.55 bits per heavy atom. The van der Waals surface area contributed by atoms with Crippen LogP contribution in [0.3, 0.4) is 0 Å². The number of ether oxygens (including phenoxy) is 4. The normalized spacial score (nSPS) is 26.6. The van der Waals surface area contributed by atoms with Gasteiger partial charge in [-0.3, -0.25) is 0 Å². The Kier molecular flexibility index (Phi) is 11.9. The molecule has 0 heterocycles. The van der Waals surface area contributed by atoms with Crippen molar-refractivity contribution >= 4 is 22.6 Å². The minimum absolute atomic E-state index is 0.117. The van der Waals surface area contributed by atoms with Gasteiger partial charge < -0.3 is 24.1 Å². The van der Waals surface area contributed by atoms with E-state index in [0.717, 1.165) is 42.4 Å². The number of hydrogen-bond donors (Lipinski definition) is 1. The SMILES string of the molecule is CCOCCOC[C@@]1(C)C([C@H](O)[C@]2(OCc3ccccc3)CCC(C)=C(I)C2(C)C)=CCC[C@@H]1OCc1ccccc1. The molecule has 2 aromatic rings. The van der Waals surface area contributed by atoms with Crippen LogP contribution in [0, 0.1) is 10.8 Å². The number of allylic oxidation sites excluding steroid dienone is 2. The summed E-state index contributed by atoms with van der Waals surface area (Å²) in [6, 6.07) is 20.6. The zero-order valence-electron chi connectivity index (χ0n) is 26.0. The Morgan fingerprint density at radius 3 is 2.19 bits per heavy atom. The highest BCUT2D eigenvalue weighted by Gasteiger charge is 2.58. The number of hydrogen-bond acceptors (Lipinski definition) is 5. The van der Waals surface area contributed by atoms with Crippen LogP contribution in [0.25, 0.3) is 0 Å². The van der Waals surface area contributed by atoms with E-state index in [1.165, 1.54) is 9.15 Å². The summed E-state index contributed by atoms with van der Waals surface area (Å²) in [7, 11) is 0. The summed E-state index contributed by atoms with van der Waals surface area (Å²) in [5.41, 5.74) is 2.81. The molecule has 0 saturated carbocycles. The standard InChI is InChI=1S/C36H49IO5/c1-6-39-22-23-40-26-35(5)30(18-13-19-31(35)41-24-28-14-9-7-10-15-28)33(38)36(42-25-29-16-11-8-12-17-29)21-20-27(2)32(37)34(36,3)4/h7-12,14-18,31,33,38H,6,13,19-26H2,1-5H3/t31-,33-,35-,36+/m0/s1. The van der Waals surface area contributed by atoms with Gasteiger partial charge in [0, 0.05) is 17.4 Å². The van der Waals surface area contributed by atoms with Crippen LogP contribution in [0.4, 0.5) is 0 Å². The largest absolute Gasteiger partial charge is 0.386 e. The fourth-order valence-electron chi connectivity index (χ4n) is 6.68. The molecule has 4 rings (SSSR count). The van der Waals surface area contributed by atoms with Crippen molar-refractivity contribution in [1.29, 1.82) is 0 Å². The Morgan fingerprint density at radius 1 is 0.929 bits per heavy atom. The van der Waals surface area contributed by atoms with Crippen LogP contribution in [0.2, 0.25) is 0 Å². The lowest BCUT2D eigenvalue weighted by atomic mass is 9.59. The summed E-state index contributed by atoms with van der Waals surface area (Å²) < 4.78 is 26.7. The lowest BCUT2D eigenvalue weighted by Crippen LogP contribution is -2.61. The molecule has 230 valence electrons. The van der Waals surface area contributed by atoms with Gasteiger partial charge in [-0.15, -0.1) is 0 Å². The second-order valence-corrected chi connectivity index (χ2v) is 13.6. The van der Waals surface area contributed by atoms with Gasteiger partial charge in [-0.1, -0.05) is 93.1 Å². The highest BCUT2D eigenvalue weighted by Crippen LogP contribution is 2.57. The Hall–Kier alpha value is -1.55. The van der Waals surface area contributed by atoms with Crippen molar-refractivity contribution < 1.29 is 24.1 Å². The van der Waals surface area contributed by atoms with Crippen molar-refractivity contribution in [3.05, 3.63) is 92.6 Å². The number of aliphatic hydroxyl groups excluding tert-OH is 1. The summed E-state index contributed by atoms with van der Waals surface area (Å²) in [6.45, 7) is 14.0. The first kappa shape index (κ1) is 33.3. The molecule has 2 aliphatic rings. The second kappa shape index (κ2) is 15.0. The molecule has 0 spiro atoms. The average Bonchev–Trinajstić information content (AvgIpc) is 3.00. The van der Waals surface area contributed by atoms with Crippen LogP contribution in [0.15, 0.2) is 81.5 Å². The van der Waals surface area contributed by atoms with Gasteiger partial charge in [-0.25, -0.2) is 0 Å². The van der Waals surface area contributed by atoms with Gasteiger partial charge in [0.05, 0.1) is 39.1 Å². The van der Waals surface area contributed by atoms with Crippen molar-refractivity contribution in [2.45, 2.75) is 91.3 Å². The van der Waals surface area contributed by atoms with Crippen molar-refractivity contribution in [3.63, 3.8) is 0 Å². The molecular formula is C36H49IO5. The first-order chi connectivity index (χ1) is 20.2. The van der Waals surface area contributed by atoms with E-state index in [1.807, 2.05) is 43.3 Å². The highest BCUT2D eigenvalue weighted by atomic mass is 127. The summed E-state index contributed by atoms with van der Waals surface area (Å²) in [4.78, 5) is 0. The quantitative estimate of drug-likeness (QED) is 0.123. The molecular weight excluding hydrogens is 639 g/mol. The van der Waals surface area contributed by atoms with Crippen LogP contribution in [0.1, 0.15) is 71.4 Å². The zero-order chi connectivity index (χ0) is 30.2. The molecule has 2 aliphatic carbocycles. The van der Waals surface area contributed by atoms with Crippen molar-refractivity contribution in [3.8, 4) is 0 Å². The van der Waals surface area contributed by atoms with Crippen molar-refractivity contribution in [1.82, 2.24) is 0 Å². The number of aliphatic hydroxyl groups is 1. The van der Waals surface area contributed by atoms with Gasteiger partial charge in [0.2, 0.25) is 0 Å². The van der Waals surface area contributed by atoms with Gasteiger partial charge in [-0.05, 0) is 82.4 Å². The molecule has 1 N–H and O–H groups in total. The lowest BCUT2D eigenvalue weighted by Gasteiger charge is -2.55. The van der Waals surface area contributed by atoms with Gasteiger partial charge in [0.1, 0.15) is 11.7 Å². The van der Waals surface area contributed by atoms with Crippen LogP contribution in [0.5, 0.6) is 0 Å². The molecule has 0 aromatic heterocycles. The molecule has 0 radical (unpaired) electrons. The van der Waals surface area contributed by atoms with Crippen LogP contribution < -0.4 is 0 Å². The molecule has 0 bridgehead atoms. The molecule has 5 nitrogen and oxygen atoms in total. The van der Waals surface area contributed by atoms with E-state index >= 15 is 0 Å². The predicted octanol–water partition coefficient (Wildman–Crippen LogP) is 8.20. The van der Waals surface area contributed by atoms with E-state index in [2.05, 4.69) is 80.6 Å². The third-order valence-electron chi connectivity index (χ3n) is 9.36. The van der Waals surface area contributed by atoms with E-state index < -0.39 is 22.5 Å². The fourth-order valence-corrected chi connectivity index (χ4v) is 7.40. The van der Waals surface area contributed by atoms with E-state index in [1.54, 1.807) is 0 Å². The topological polar surface area (TPSA) is 57.2 Å². The first-order valence-electron chi connectivity index (χ1n) is 15.4. The summed E-state index contributed by atoms with van der Waals surface area (Å²) in [5, 5.41) is 12.7. The minimum Gasteiger partial charge on any atom is -0.386 e. The number of rotatable bonds is 14. The van der Waals surface area contributed by atoms with Gasteiger partial charge in [-0.2, -0.15) is 0 Å². The van der Waals surface area contributed by atoms with Crippen LogP contribution in [-0.2, 0) is 32.2 Å². The summed E-state index contributed by atoms with van der Waals surface area (Å²) in [6.07, 6.45) is 4.61. The maximum absolute atomic E-state index is 12.7. The molecule has 0 amide bonds. The molecule has 6 heteroatoms. The Balaban J connectivity index is 1.69. The number of halogens is 1. The van der Waals surface area contributed by atoms with E-state index in [0.29, 0.717) is 39.6 Å². The third kappa shape index (κ3) is 7.22. The maximum atomic E-state index is 12.7. The lowest BCUT2D eigenvalue weighted by molar-refractivity contribution is -0.187. The minimum atomic E-state index is -0.835. The third-order valence-corrected chi connectivity index (χ3v) is 11.6. The predicted molar refractivity (Wildman–Crippen MR) is 177 cm³/mol. The monoisotopic (exact) mass is 688 g/mol. The van der Waals surface area contributed by atoms with E-state index in [4.69, 9.17) is 18.9 Å². The molecule has 4 atom stereocenters. The Bertz CT molecular complexity index is 1190. The molecule has 2 aromatic carbocycles. The first-order valence-corrected chi connectivity index (χ1v) is 16.5. The van der Waals surface area contributed by atoms with Crippen molar-refractivity contribution in [2.75, 3.05) is 26.4 Å². The highest BCUT2D eigenvalue weighted by molar-refractivity contribution is 14.1. The number of benzene rings is 2. The smallest absolute Gasteiger partial charge is 0.108 e. The van der Waals surface area contributed by atoms with E-state index in [9.17, 15) is 5.11 Å². The van der Waals surface area contributed by atoms with Crippen LogP contribution >= 0.6 is 22.6 Å². The van der Waals surface area contributed by atoms with E-state index in [-0.39, 0.29) is 6.10 Å². The molecule has 0 aliphatic heterocycles. The Labute approximate surface area is 266 Å². The van der Waals surface area contributed by atoms with Gasteiger partial charge >= 0.3 is 0 Å². The zero-order valence-corrected chi connectivity index (χ0v) is 28.2. The maximum Gasteiger partial charge on any atom is 0.108 e. The molecule has 0 saturated heterocycles. The molecule has 0 unspecified atom stereocenters. The summed E-state index contributed by atoms with van der Waals surface area (Å²) >= 11 is 2.48. The van der Waals surface area contributed by atoms with Crippen LogP contribution in [-0.4, -0.2) is 49.3 Å². The average molecular weight is 689 g/mol. The van der Waals surface area contributed by atoms with Gasteiger partial charge in [0.25, 0.3) is 0 Å². The second-order valence-electron chi connectivity index (χ2n) is 12.5.